The maximum Gasteiger partial charge on any atom is 0.161 e. The van der Waals surface area contributed by atoms with E-state index in [1.165, 1.54) is 0 Å². The van der Waals surface area contributed by atoms with Gasteiger partial charge < -0.3 is 24.2 Å². The molecule has 0 saturated carbocycles. The van der Waals surface area contributed by atoms with E-state index in [0.29, 0.717) is 13.2 Å². The van der Waals surface area contributed by atoms with Gasteiger partial charge in [-0.25, -0.2) is 0 Å². The van der Waals surface area contributed by atoms with Crippen LogP contribution in [0.25, 0.3) is 0 Å². The van der Waals surface area contributed by atoms with Gasteiger partial charge in [-0.3, -0.25) is 4.99 Å². The maximum absolute atomic E-state index is 10.5. The number of aliphatic imine (C=N–C) groups is 1. The fraction of sp³-hybridized carbons (Fsp3) is 0.458. The van der Waals surface area contributed by atoms with Crippen LogP contribution in [0.5, 0.6) is 0 Å². The van der Waals surface area contributed by atoms with E-state index in [9.17, 15) is 5.11 Å². The molecule has 4 rings (SSSR count). The zero-order chi connectivity index (χ0) is 21.8. The van der Waals surface area contributed by atoms with Crippen LogP contribution in [0.1, 0.15) is 18.1 Å². The molecule has 1 fully saturated rings. The van der Waals surface area contributed by atoms with Crippen LogP contribution in [-0.2, 0) is 27.4 Å². The molecular weight excluding hydrogens is 412 g/mol. The summed E-state index contributed by atoms with van der Waals surface area (Å²) in [4.78, 5) is 6.88. The van der Waals surface area contributed by atoms with E-state index in [1.807, 2.05) is 79.7 Å². The number of fused-ring (bicyclic) bond motifs is 1. The van der Waals surface area contributed by atoms with Crippen LogP contribution in [0.3, 0.4) is 0 Å². The number of nitrogens with zero attached hydrogens (tertiary/aromatic N) is 2. The molecule has 166 valence electrons. The Hall–Kier alpha value is -1.90. The molecule has 31 heavy (non-hydrogen) atoms. The number of aliphatic hydroxyl groups excluding tert-OH is 1. The first kappa shape index (κ1) is 22.3. The zero-order valence-corrected chi connectivity index (χ0v) is 18.9. The van der Waals surface area contributed by atoms with E-state index in [-0.39, 0.29) is 17.6 Å². The van der Waals surface area contributed by atoms with E-state index in [2.05, 4.69) is 0 Å². The largest absolute Gasteiger partial charge is 0.391 e. The summed E-state index contributed by atoms with van der Waals surface area (Å²) < 4.78 is 19.1. The number of amidine groups is 1. The Labute approximate surface area is 188 Å². The average molecular weight is 443 g/mol. The normalized spacial score (nSPS) is 28.6. The molecule has 0 bridgehead atoms. The van der Waals surface area contributed by atoms with Gasteiger partial charge in [0.25, 0.3) is 0 Å². The third-order valence-electron chi connectivity index (χ3n) is 5.46. The van der Waals surface area contributed by atoms with Crippen molar-refractivity contribution < 1.29 is 19.3 Å². The molecule has 0 aliphatic carbocycles. The monoisotopic (exact) mass is 442 g/mol. The lowest BCUT2D eigenvalue weighted by Crippen LogP contribution is -2.59. The molecule has 0 amide bonds. The number of hydrogen-bond acceptors (Lipinski definition) is 7. The van der Waals surface area contributed by atoms with Crippen molar-refractivity contribution in [1.29, 1.82) is 0 Å². The van der Waals surface area contributed by atoms with Crippen molar-refractivity contribution in [3.8, 4) is 0 Å². The highest BCUT2D eigenvalue weighted by atomic mass is 32.2. The zero-order valence-electron chi connectivity index (χ0n) is 18.1. The minimum absolute atomic E-state index is 0.207. The second-order valence-electron chi connectivity index (χ2n) is 8.15. The number of rotatable bonds is 7. The minimum atomic E-state index is -0.700. The standard InChI is InChI=1S/C24H30N2O4S/c1-16(27)20-22(29-15-18-12-8-5-9-13-18)21(28-14-17-10-6-4-7-11-17)19-23(30-20)31-24(25-19)26(2)3/h4-13,16,19-23,27H,14-15H2,1-3H3/t16-,19+,20+,21+,22-,23+/m0/s1. The molecule has 0 spiro atoms. The van der Waals surface area contributed by atoms with Gasteiger partial charge in [-0.15, -0.1) is 0 Å². The smallest absolute Gasteiger partial charge is 0.161 e. The Bertz CT molecular complexity index is 862. The Kier molecular flexibility index (Phi) is 7.30. The molecule has 6 nitrogen and oxygen atoms in total. The Morgan fingerprint density at radius 1 is 0.968 bits per heavy atom. The number of thioether (sulfide) groups is 1. The van der Waals surface area contributed by atoms with Gasteiger partial charge in [-0.2, -0.15) is 0 Å². The average Bonchev–Trinajstić information content (AvgIpc) is 3.22. The van der Waals surface area contributed by atoms with Crippen LogP contribution < -0.4 is 0 Å². The third-order valence-corrected chi connectivity index (χ3v) is 6.77. The first-order valence-electron chi connectivity index (χ1n) is 10.6. The van der Waals surface area contributed by atoms with Crippen LogP contribution in [0.15, 0.2) is 65.7 Å². The highest BCUT2D eigenvalue weighted by molar-refractivity contribution is 8.14. The third kappa shape index (κ3) is 5.30. The highest BCUT2D eigenvalue weighted by Crippen LogP contribution is 2.40. The van der Waals surface area contributed by atoms with Gasteiger partial charge in [0.15, 0.2) is 5.17 Å². The van der Waals surface area contributed by atoms with Crippen LogP contribution in [-0.4, -0.2) is 65.2 Å². The van der Waals surface area contributed by atoms with Gasteiger partial charge in [0.2, 0.25) is 0 Å². The van der Waals surface area contributed by atoms with Crippen molar-refractivity contribution in [1.82, 2.24) is 4.90 Å². The number of aliphatic hydroxyl groups is 1. The van der Waals surface area contributed by atoms with Crippen molar-refractivity contribution in [3.63, 3.8) is 0 Å². The summed E-state index contributed by atoms with van der Waals surface area (Å²) in [5.41, 5.74) is 1.94. The molecule has 0 radical (unpaired) electrons. The predicted octanol–water partition coefficient (Wildman–Crippen LogP) is 3.30. The molecule has 7 heteroatoms. The minimum Gasteiger partial charge on any atom is -0.391 e. The van der Waals surface area contributed by atoms with Crippen molar-refractivity contribution >= 4 is 16.9 Å². The van der Waals surface area contributed by atoms with Crippen LogP contribution >= 0.6 is 11.8 Å². The predicted molar refractivity (Wildman–Crippen MR) is 123 cm³/mol. The lowest BCUT2D eigenvalue weighted by molar-refractivity contribution is -0.218. The second-order valence-corrected chi connectivity index (χ2v) is 9.21. The topological polar surface area (TPSA) is 63.5 Å². The summed E-state index contributed by atoms with van der Waals surface area (Å²) in [6, 6.07) is 19.9. The first-order valence-corrected chi connectivity index (χ1v) is 11.5. The molecule has 2 aromatic carbocycles. The van der Waals surface area contributed by atoms with Crippen LogP contribution in [0, 0.1) is 0 Å². The molecular formula is C24H30N2O4S. The molecule has 2 aliphatic heterocycles. The summed E-state index contributed by atoms with van der Waals surface area (Å²) in [7, 11) is 3.94. The lowest BCUT2D eigenvalue weighted by atomic mass is 9.94. The van der Waals surface area contributed by atoms with E-state index < -0.39 is 18.3 Å². The van der Waals surface area contributed by atoms with Crippen LogP contribution in [0.4, 0.5) is 0 Å². The van der Waals surface area contributed by atoms with Crippen molar-refractivity contribution in [2.75, 3.05) is 14.1 Å². The molecule has 2 aromatic rings. The molecule has 2 heterocycles. The van der Waals surface area contributed by atoms with Gasteiger partial charge in [0.05, 0.1) is 19.3 Å². The van der Waals surface area contributed by atoms with Crippen molar-refractivity contribution in [2.45, 2.75) is 56.0 Å². The molecule has 1 N–H and O–H groups in total. The van der Waals surface area contributed by atoms with Gasteiger partial charge in [0, 0.05) is 14.1 Å². The van der Waals surface area contributed by atoms with Crippen molar-refractivity contribution in [3.05, 3.63) is 71.8 Å². The highest BCUT2D eigenvalue weighted by Gasteiger charge is 2.52. The van der Waals surface area contributed by atoms with Gasteiger partial charge in [-0.1, -0.05) is 72.4 Å². The summed E-state index contributed by atoms with van der Waals surface area (Å²) in [5.74, 6) is 0. The number of hydrogen-bond donors (Lipinski definition) is 1. The Morgan fingerprint density at radius 3 is 2.03 bits per heavy atom. The quantitative estimate of drug-likeness (QED) is 0.710. The number of ether oxygens (including phenoxy) is 3. The van der Waals surface area contributed by atoms with Crippen LogP contribution in [0.2, 0.25) is 0 Å². The molecule has 0 aromatic heterocycles. The Morgan fingerprint density at radius 2 is 1.52 bits per heavy atom. The molecule has 1 saturated heterocycles. The SMILES string of the molecule is C[C@H](O)[C@H]1O[C@@H]2SC(N(C)C)=N[C@@H]2[C@@H](OCc2ccccc2)[C@H]1OCc1ccccc1. The second kappa shape index (κ2) is 10.1. The van der Waals surface area contributed by atoms with E-state index in [0.717, 1.165) is 16.3 Å². The first-order chi connectivity index (χ1) is 15.0. The van der Waals surface area contributed by atoms with Gasteiger partial charge in [0.1, 0.15) is 29.8 Å². The van der Waals surface area contributed by atoms with Crippen molar-refractivity contribution in [2.24, 2.45) is 4.99 Å². The summed E-state index contributed by atoms with van der Waals surface area (Å²) in [6.45, 7) is 2.60. The fourth-order valence-corrected chi connectivity index (χ4v) is 5.01. The summed E-state index contributed by atoms with van der Waals surface area (Å²) >= 11 is 1.57. The Balaban J connectivity index is 1.59. The molecule has 0 unspecified atom stereocenters. The fourth-order valence-electron chi connectivity index (χ4n) is 3.87. The summed E-state index contributed by atoms with van der Waals surface area (Å²) in [5, 5.41) is 11.4. The van der Waals surface area contributed by atoms with E-state index >= 15 is 0 Å². The molecule has 6 atom stereocenters. The van der Waals surface area contributed by atoms with Gasteiger partial charge in [-0.05, 0) is 18.1 Å². The lowest BCUT2D eigenvalue weighted by Gasteiger charge is -2.43. The van der Waals surface area contributed by atoms with Gasteiger partial charge >= 0.3 is 0 Å². The maximum atomic E-state index is 10.5. The van der Waals surface area contributed by atoms with E-state index in [1.54, 1.807) is 18.7 Å². The molecule has 2 aliphatic rings. The number of benzene rings is 2. The summed E-state index contributed by atoms with van der Waals surface area (Å²) in [6.07, 6.45) is -1.99. The van der Waals surface area contributed by atoms with E-state index in [4.69, 9.17) is 19.2 Å².